The van der Waals surface area contributed by atoms with Crippen molar-refractivity contribution in [1.29, 1.82) is 0 Å². The van der Waals surface area contributed by atoms with E-state index in [9.17, 15) is 9.50 Å². The van der Waals surface area contributed by atoms with Gasteiger partial charge in [-0.15, -0.1) is 0 Å². The Morgan fingerprint density at radius 2 is 2.08 bits per heavy atom. The molecule has 2 aliphatic heterocycles. The zero-order valence-electron chi connectivity index (χ0n) is 14.3. The summed E-state index contributed by atoms with van der Waals surface area (Å²) in [5, 5.41) is 12.3. The van der Waals surface area contributed by atoms with Gasteiger partial charge in [-0.25, -0.2) is 9.37 Å². The molecule has 26 heavy (non-hydrogen) atoms. The molecule has 4 nitrogen and oxygen atoms in total. The van der Waals surface area contributed by atoms with Crippen LogP contribution in [0.4, 0.5) is 4.39 Å². The third-order valence-electron chi connectivity index (χ3n) is 6.11. The lowest BCUT2D eigenvalue weighted by Gasteiger charge is -2.59. The van der Waals surface area contributed by atoms with Crippen LogP contribution in [0.3, 0.4) is 0 Å². The van der Waals surface area contributed by atoms with Crippen molar-refractivity contribution in [2.24, 2.45) is 11.8 Å². The van der Waals surface area contributed by atoms with Gasteiger partial charge in [0.1, 0.15) is 5.65 Å². The number of nitrogens with one attached hydrogen (secondary N) is 1. The minimum absolute atomic E-state index is 0.212. The fraction of sp³-hybridized carbons (Fsp3) is 0.350. The van der Waals surface area contributed by atoms with Gasteiger partial charge in [-0.05, 0) is 36.7 Å². The summed E-state index contributed by atoms with van der Waals surface area (Å²) in [6.45, 7) is 1.76. The molecule has 1 aliphatic carbocycles. The first-order valence-electron chi connectivity index (χ1n) is 8.81. The Kier molecular flexibility index (Phi) is 3.45. The smallest absolute Gasteiger partial charge is 0.150 e. The molecule has 1 saturated carbocycles. The number of H-pyrrole nitrogens is 1. The minimum atomic E-state index is -0.852. The first kappa shape index (κ1) is 16.2. The minimum Gasteiger partial charge on any atom is -0.384 e. The fourth-order valence-electron chi connectivity index (χ4n) is 4.83. The molecule has 0 amide bonds. The predicted octanol–water partition coefficient (Wildman–Crippen LogP) is 3.79. The second kappa shape index (κ2) is 5.52. The van der Waals surface area contributed by atoms with Crippen molar-refractivity contribution >= 4 is 22.6 Å². The van der Waals surface area contributed by atoms with Gasteiger partial charge in [0, 0.05) is 47.9 Å². The van der Waals surface area contributed by atoms with Crippen LogP contribution in [0.15, 0.2) is 36.7 Å². The van der Waals surface area contributed by atoms with E-state index in [-0.39, 0.29) is 17.7 Å². The number of aromatic amines is 1. The average Bonchev–Trinajstić information content (AvgIpc) is 3.02. The number of benzene rings is 1. The van der Waals surface area contributed by atoms with Gasteiger partial charge >= 0.3 is 0 Å². The van der Waals surface area contributed by atoms with E-state index >= 15 is 0 Å². The molecular weight excluding hydrogens is 353 g/mol. The number of rotatable bonds is 2. The summed E-state index contributed by atoms with van der Waals surface area (Å²) in [5.74, 6) is 0.0900. The van der Waals surface area contributed by atoms with E-state index in [2.05, 4.69) is 21.9 Å². The Balaban J connectivity index is 1.58. The van der Waals surface area contributed by atoms with Crippen molar-refractivity contribution in [3.8, 4) is 11.1 Å². The average molecular weight is 372 g/mol. The van der Waals surface area contributed by atoms with Gasteiger partial charge in [-0.3, -0.25) is 0 Å². The molecule has 2 N–H and O–H groups in total. The Labute approximate surface area is 155 Å². The standard InChI is InChI=1S/C20H19ClFN3O/c1-25-9-12-7-13(10-25)20(12,26)15-3-2-11(6-16(15)21)14-4-5-23-19-18(14)17(22)8-24-19/h2-6,8,12-13,26H,7,9-10H2,1H3,(H,23,24). The van der Waals surface area contributed by atoms with E-state index in [0.29, 0.717) is 16.1 Å². The molecule has 2 bridgehead atoms. The van der Waals surface area contributed by atoms with Crippen LogP contribution in [0, 0.1) is 17.7 Å². The maximum absolute atomic E-state index is 14.2. The van der Waals surface area contributed by atoms with Gasteiger partial charge in [-0.2, -0.15) is 0 Å². The van der Waals surface area contributed by atoms with Crippen molar-refractivity contribution in [3.63, 3.8) is 0 Å². The first-order valence-corrected chi connectivity index (χ1v) is 9.19. The molecule has 3 aliphatic rings. The quantitative estimate of drug-likeness (QED) is 0.720. The summed E-state index contributed by atoms with van der Waals surface area (Å²) < 4.78 is 14.2. The van der Waals surface area contributed by atoms with E-state index in [1.807, 2.05) is 18.2 Å². The van der Waals surface area contributed by atoms with Crippen LogP contribution in [-0.2, 0) is 5.60 Å². The van der Waals surface area contributed by atoms with Crippen LogP contribution in [-0.4, -0.2) is 40.1 Å². The van der Waals surface area contributed by atoms with Gasteiger partial charge in [0.25, 0.3) is 0 Å². The van der Waals surface area contributed by atoms with Crippen molar-refractivity contribution in [2.75, 3.05) is 20.1 Å². The maximum Gasteiger partial charge on any atom is 0.150 e. The van der Waals surface area contributed by atoms with E-state index in [0.717, 1.165) is 36.2 Å². The Bertz CT molecular complexity index is 1010. The Morgan fingerprint density at radius 1 is 1.31 bits per heavy atom. The number of aliphatic hydroxyl groups is 1. The normalized spacial score (nSPS) is 28.3. The lowest BCUT2D eigenvalue weighted by Crippen LogP contribution is -2.64. The Morgan fingerprint density at radius 3 is 2.81 bits per heavy atom. The van der Waals surface area contributed by atoms with E-state index < -0.39 is 5.60 Å². The van der Waals surface area contributed by atoms with Gasteiger partial charge in [0.05, 0.1) is 11.0 Å². The van der Waals surface area contributed by atoms with Crippen LogP contribution < -0.4 is 0 Å². The van der Waals surface area contributed by atoms with Crippen LogP contribution >= 0.6 is 11.6 Å². The van der Waals surface area contributed by atoms with Gasteiger partial charge < -0.3 is 15.0 Å². The summed E-state index contributed by atoms with van der Waals surface area (Å²) in [5.41, 5.74) is 2.00. The van der Waals surface area contributed by atoms with Crippen LogP contribution in [0.1, 0.15) is 12.0 Å². The summed E-state index contributed by atoms with van der Waals surface area (Å²) in [4.78, 5) is 9.26. The molecule has 2 saturated heterocycles. The third-order valence-corrected chi connectivity index (χ3v) is 6.43. The van der Waals surface area contributed by atoms with Gasteiger partial charge in [-0.1, -0.05) is 23.7 Å². The summed E-state index contributed by atoms with van der Waals surface area (Å²) in [6, 6.07) is 7.43. The molecule has 1 aromatic carbocycles. The molecule has 2 aromatic heterocycles. The number of piperidine rings is 2. The van der Waals surface area contributed by atoms with Crippen molar-refractivity contribution < 1.29 is 9.50 Å². The number of halogens is 2. The fourth-order valence-corrected chi connectivity index (χ4v) is 5.17. The maximum atomic E-state index is 14.2. The summed E-state index contributed by atoms with van der Waals surface area (Å²) in [6.07, 6.45) is 4.00. The lowest BCUT2D eigenvalue weighted by atomic mass is 9.55. The van der Waals surface area contributed by atoms with Crippen molar-refractivity contribution in [1.82, 2.24) is 14.9 Å². The summed E-state index contributed by atoms with van der Waals surface area (Å²) >= 11 is 6.60. The molecule has 6 heteroatoms. The number of aromatic nitrogens is 2. The van der Waals surface area contributed by atoms with Crippen molar-refractivity contribution in [3.05, 3.63) is 53.1 Å². The number of nitrogens with zero attached hydrogens (tertiary/aromatic N) is 2. The van der Waals surface area contributed by atoms with Crippen LogP contribution in [0.2, 0.25) is 5.02 Å². The number of hydrogen-bond donors (Lipinski definition) is 2. The summed E-state index contributed by atoms with van der Waals surface area (Å²) in [7, 11) is 2.09. The number of pyridine rings is 1. The lowest BCUT2D eigenvalue weighted by molar-refractivity contribution is -0.200. The highest BCUT2D eigenvalue weighted by atomic mass is 35.5. The highest BCUT2D eigenvalue weighted by Gasteiger charge is 2.58. The topological polar surface area (TPSA) is 52.1 Å². The molecule has 0 radical (unpaired) electrons. The molecule has 3 aromatic rings. The zero-order valence-corrected chi connectivity index (χ0v) is 15.1. The second-order valence-corrected chi connectivity index (χ2v) is 8.00. The van der Waals surface area contributed by atoms with E-state index in [4.69, 9.17) is 11.6 Å². The molecular formula is C20H19ClFN3O. The Hall–Kier alpha value is -1.95. The van der Waals surface area contributed by atoms with E-state index in [1.54, 1.807) is 12.3 Å². The van der Waals surface area contributed by atoms with Crippen LogP contribution in [0.25, 0.3) is 22.2 Å². The highest BCUT2D eigenvalue weighted by molar-refractivity contribution is 6.31. The molecule has 2 unspecified atom stereocenters. The molecule has 6 rings (SSSR count). The third kappa shape index (κ3) is 2.11. The van der Waals surface area contributed by atoms with E-state index in [1.165, 1.54) is 6.20 Å². The highest BCUT2D eigenvalue weighted by Crippen LogP contribution is 2.56. The molecule has 3 fully saturated rings. The molecule has 2 atom stereocenters. The van der Waals surface area contributed by atoms with Gasteiger partial charge in [0.15, 0.2) is 5.82 Å². The second-order valence-electron chi connectivity index (χ2n) is 7.59. The number of fused-ring (bicyclic) bond motifs is 3. The monoisotopic (exact) mass is 371 g/mol. The first-order chi connectivity index (χ1) is 12.5. The molecule has 134 valence electrons. The molecule has 4 heterocycles. The van der Waals surface area contributed by atoms with Crippen LogP contribution in [0.5, 0.6) is 0 Å². The van der Waals surface area contributed by atoms with Crippen molar-refractivity contribution in [2.45, 2.75) is 12.0 Å². The molecule has 0 spiro atoms. The zero-order chi connectivity index (χ0) is 18.1. The SMILES string of the molecule is CN1CC2CC(C1)C2(O)c1ccc(-c2ccnc3[nH]cc(F)c23)cc1Cl. The largest absolute Gasteiger partial charge is 0.384 e. The number of hydrogen-bond acceptors (Lipinski definition) is 3. The van der Waals surface area contributed by atoms with Gasteiger partial charge in [0.2, 0.25) is 0 Å². The predicted molar refractivity (Wildman–Crippen MR) is 99.5 cm³/mol.